The zero-order valence-corrected chi connectivity index (χ0v) is 8.89. The summed E-state index contributed by atoms with van der Waals surface area (Å²) in [6.07, 6.45) is 2.91. The van der Waals surface area contributed by atoms with Gasteiger partial charge in [0.05, 0.1) is 0 Å². The van der Waals surface area contributed by atoms with E-state index in [1.165, 1.54) is 5.56 Å². The highest BCUT2D eigenvalue weighted by Crippen LogP contribution is 2.13. The van der Waals surface area contributed by atoms with Crippen molar-refractivity contribution < 1.29 is 0 Å². The van der Waals surface area contributed by atoms with Gasteiger partial charge in [-0.15, -0.1) is 0 Å². The molecule has 13 heavy (non-hydrogen) atoms. The number of aromatic nitrogens is 1. The van der Waals surface area contributed by atoms with Crippen LogP contribution in [0.5, 0.6) is 0 Å². The zero-order chi connectivity index (χ0) is 9.90. The minimum Gasteiger partial charge on any atom is -0.365 e. The minimum absolute atomic E-state index is 0.0827. The van der Waals surface area contributed by atoms with Crippen LogP contribution in [-0.2, 0) is 6.42 Å². The highest BCUT2D eigenvalue weighted by atomic mass is 15.0. The van der Waals surface area contributed by atoms with Gasteiger partial charge in [0.1, 0.15) is 5.82 Å². The maximum Gasteiger partial charge on any atom is 0.126 e. The SMILES string of the molecule is CCc1ccnc(NC(C)(C)C)c1. The summed E-state index contributed by atoms with van der Waals surface area (Å²) in [5, 5.41) is 3.34. The van der Waals surface area contributed by atoms with Gasteiger partial charge in [-0.1, -0.05) is 6.92 Å². The van der Waals surface area contributed by atoms with E-state index in [1.54, 1.807) is 0 Å². The average molecular weight is 178 g/mol. The van der Waals surface area contributed by atoms with Crippen LogP contribution in [0.1, 0.15) is 33.3 Å². The summed E-state index contributed by atoms with van der Waals surface area (Å²) >= 11 is 0. The summed E-state index contributed by atoms with van der Waals surface area (Å²) in [4.78, 5) is 4.26. The lowest BCUT2D eigenvalue weighted by atomic mass is 10.1. The monoisotopic (exact) mass is 178 g/mol. The summed E-state index contributed by atoms with van der Waals surface area (Å²) in [5.41, 5.74) is 1.40. The Labute approximate surface area is 80.4 Å². The topological polar surface area (TPSA) is 24.9 Å². The minimum atomic E-state index is 0.0827. The van der Waals surface area contributed by atoms with Crippen LogP contribution in [0, 0.1) is 0 Å². The van der Waals surface area contributed by atoms with Gasteiger partial charge < -0.3 is 5.32 Å². The molecule has 0 atom stereocenters. The summed E-state index contributed by atoms with van der Waals surface area (Å²) in [6, 6.07) is 4.15. The number of hydrogen-bond donors (Lipinski definition) is 1. The average Bonchev–Trinajstić information content (AvgIpc) is 2.01. The molecule has 2 nitrogen and oxygen atoms in total. The molecule has 0 bridgehead atoms. The van der Waals surface area contributed by atoms with Crippen molar-refractivity contribution in [2.45, 2.75) is 39.7 Å². The van der Waals surface area contributed by atoms with Gasteiger partial charge in [0.25, 0.3) is 0 Å². The highest BCUT2D eigenvalue weighted by Gasteiger charge is 2.09. The molecule has 0 saturated heterocycles. The van der Waals surface area contributed by atoms with Gasteiger partial charge >= 0.3 is 0 Å². The van der Waals surface area contributed by atoms with Crippen molar-refractivity contribution in [3.8, 4) is 0 Å². The first kappa shape index (κ1) is 10.0. The summed E-state index contributed by atoms with van der Waals surface area (Å²) in [7, 11) is 0. The number of aryl methyl sites for hydroxylation is 1. The third kappa shape index (κ3) is 3.45. The van der Waals surface area contributed by atoms with Gasteiger partial charge in [0.15, 0.2) is 0 Å². The van der Waals surface area contributed by atoms with Crippen molar-refractivity contribution in [3.63, 3.8) is 0 Å². The van der Waals surface area contributed by atoms with E-state index < -0.39 is 0 Å². The van der Waals surface area contributed by atoms with Gasteiger partial charge in [0.2, 0.25) is 0 Å². The van der Waals surface area contributed by atoms with E-state index in [1.807, 2.05) is 12.3 Å². The molecular formula is C11H18N2. The van der Waals surface area contributed by atoms with Crippen LogP contribution in [-0.4, -0.2) is 10.5 Å². The largest absolute Gasteiger partial charge is 0.365 e. The Hall–Kier alpha value is -1.05. The van der Waals surface area contributed by atoms with Gasteiger partial charge in [-0.05, 0) is 44.9 Å². The smallest absolute Gasteiger partial charge is 0.126 e. The van der Waals surface area contributed by atoms with Crippen molar-refractivity contribution in [2.24, 2.45) is 0 Å². The van der Waals surface area contributed by atoms with Crippen LogP contribution in [0.2, 0.25) is 0 Å². The Bertz CT molecular complexity index is 274. The quantitative estimate of drug-likeness (QED) is 0.753. The van der Waals surface area contributed by atoms with Crippen LogP contribution in [0.3, 0.4) is 0 Å². The fourth-order valence-electron chi connectivity index (χ4n) is 1.15. The molecule has 0 saturated carbocycles. The molecule has 0 aliphatic carbocycles. The predicted octanol–water partition coefficient (Wildman–Crippen LogP) is 2.85. The number of hydrogen-bond acceptors (Lipinski definition) is 2. The van der Waals surface area contributed by atoms with Gasteiger partial charge in [0, 0.05) is 11.7 Å². The molecule has 0 aliphatic heterocycles. The number of nitrogens with one attached hydrogen (secondary N) is 1. The fraction of sp³-hybridized carbons (Fsp3) is 0.545. The second-order valence-corrected chi connectivity index (χ2v) is 4.28. The Morgan fingerprint density at radius 3 is 2.62 bits per heavy atom. The standard InChI is InChI=1S/C11H18N2/c1-5-9-6-7-12-10(8-9)13-11(2,3)4/h6-8H,5H2,1-4H3,(H,12,13). The van der Waals surface area contributed by atoms with E-state index in [-0.39, 0.29) is 5.54 Å². The van der Waals surface area contributed by atoms with E-state index in [0.29, 0.717) is 0 Å². The van der Waals surface area contributed by atoms with Crippen LogP contribution >= 0.6 is 0 Å². The molecule has 2 heteroatoms. The van der Waals surface area contributed by atoms with Crippen molar-refractivity contribution >= 4 is 5.82 Å². The van der Waals surface area contributed by atoms with Crippen molar-refractivity contribution in [1.29, 1.82) is 0 Å². The molecule has 1 heterocycles. The predicted molar refractivity (Wildman–Crippen MR) is 57.0 cm³/mol. The van der Waals surface area contributed by atoms with Crippen LogP contribution in [0.15, 0.2) is 18.3 Å². The highest BCUT2D eigenvalue weighted by molar-refractivity contribution is 5.39. The lowest BCUT2D eigenvalue weighted by molar-refractivity contribution is 0.630. The normalized spacial score (nSPS) is 11.4. The lowest BCUT2D eigenvalue weighted by Crippen LogP contribution is -2.26. The maximum atomic E-state index is 4.26. The molecule has 0 radical (unpaired) electrons. The molecule has 0 fully saturated rings. The van der Waals surface area contributed by atoms with Crippen molar-refractivity contribution in [3.05, 3.63) is 23.9 Å². The van der Waals surface area contributed by atoms with Crippen LogP contribution in [0.25, 0.3) is 0 Å². The van der Waals surface area contributed by atoms with Gasteiger partial charge in [-0.2, -0.15) is 0 Å². The van der Waals surface area contributed by atoms with Crippen molar-refractivity contribution in [1.82, 2.24) is 4.98 Å². The molecule has 1 aromatic heterocycles. The Morgan fingerprint density at radius 2 is 2.08 bits per heavy atom. The fourth-order valence-corrected chi connectivity index (χ4v) is 1.15. The summed E-state index contributed by atoms with van der Waals surface area (Å²) < 4.78 is 0. The summed E-state index contributed by atoms with van der Waals surface area (Å²) in [6.45, 7) is 8.55. The number of nitrogens with zero attached hydrogens (tertiary/aromatic N) is 1. The van der Waals surface area contributed by atoms with E-state index in [9.17, 15) is 0 Å². The third-order valence-corrected chi connectivity index (χ3v) is 1.74. The van der Waals surface area contributed by atoms with Crippen LogP contribution < -0.4 is 5.32 Å². The summed E-state index contributed by atoms with van der Waals surface area (Å²) in [5.74, 6) is 0.965. The molecule has 0 spiro atoms. The first-order chi connectivity index (χ1) is 6.01. The Balaban J connectivity index is 2.78. The molecular weight excluding hydrogens is 160 g/mol. The van der Waals surface area contributed by atoms with E-state index >= 15 is 0 Å². The maximum absolute atomic E-state index is 4.26. The first-order valence-electron chi connectivity index (χ1n) is 4.74. The second kappa shape index (κ2) is 3.77. The number of pyridine rings is 1. The molecule has 1 rings (SSSR count). The molecule has 72 valence electrons. The molecule has 1 aromatic rings. The lowest BCUT2D eigenvalue weighted by Gasteiger charge is -2.21. The van der Waals surface area contributed by atoms with E-state index in [2.05, 4.69) is 44.1 Å². The third-order valence-electron chi connectivity index (χ3n) is 1.74. The van der Waals surface area contributed by atoms with Gasteiger partial charge in [-0.25, -0.2) is 4.98 Å². The molecule has 0 aliphatic rings. The Morgan fingerprint density at radius 1 is 1.38 bits per heavy atom. The Kier molecular flexibility index (Phi) is 2.91. The molecule has 1 N–H and O–H groups in total. The molecule has 0 amide bonds. The first-order valence-corrected chi connectivity index (χ1v) is 4.74. The zero-order valence-electron chi connectivity index (χ0n) is 8.89. The molecule has 0 aromatic carbocycles. The molecule has 0 unspecified atom stereocenters. The van der Waals surface area contributed by atoms with Crippen molar-refractivity contribution in [2.75, 3.05) is 5.32 Å². The number of anilines is 1. The van der Waals surface area contributed by atoms with Gasteiger partial charge in [-0.3, -0.25) is 0 Å². The second-order valence-electron chi connectivity index (χ2n) is 4.28. The number of rotatable bonds is 2. The van der Waals surface area contributed by atoms with Crippen LogP contribution in [0.4, 0.5) is 5.82 Å². The van der Waals surface area contributed by atoms with E-state index in [0.717, 1.165) is 12.2 Å². The van der Waals surface area contributed by atoms with E-state index in [4.69, 9.17) is 0 Å².